The van der Waals surface area contributed by atoms with Gasteiger partial charge in [0.1, 0.15) is 0 Å². The lowest BCUT2D eigenvalue weighted by atomic mass is 9.98. The summed E-state index contributed by atoms with van der Waals surface area (Å²) in [5.41, 5.74) is 12.3. The van der Waals surface area contributed by atoms with Crippen molar-refractivity contribution in [3.8, 4) is 56.1 Å². The highest BCUT2D eigenvalue weighted by atomic mass is 32.1. The second kappa shape index (κ2) is 15.9. The quantitative estimate of drug-likeness (QED) is 0.159. The van der Waals surface area contributed by atoms with Crippen LogP contribution in [-0.4, -0.2) is 34.1 Å². The van der Waals surface area contributed by atoms with Crippen LogP contribution in [0.15, 0.2) is 212 Å². The smallest absolute Gasteiger partial charge is 0.238 e. The third-order valence-electron chi connectivity index (χ3n) is 13.4. The molecule has 5 aromatic heterocycles. The predicted octanol–water partition coefficient (Wildman–Crippen LogP) is 15.6. The Kier molecular flexibility index (Phi) is 9.06. The number of nitrogens with zero attached hydrogens (tertiary/aromatic N) is 7. The first-order valence-electron chi connectivity index (χ1n) is 23.3. The highest BCUT2D eigenvalue weighted by Crippen LogP contribution is 2.44. The topological polar surface area (TPSA) is 74.3 Å². The lowest BCUT2D eigenvalue weighted by molar-refractivity contribution is 0.928. The molecule has 13 aromatic rings. The fourth-order valence-electron chi connectivity index (χ4n) is 10.3. The summed E-state index contributed by atoms with van der Waals surface area (Å²) in [4.78, 5) is 27.7. The molecule has 0 atom stereocenters. The van der Waals surface area contributed by atoms with Crippen LogP contribution < -0.4 is 0 Å². The summed E-state index contributed by atoms with van der Waals surface area (Å²) >= 11 is 1.74. The lowest BCUT2D eigenvalue weighted by Gasteiger charge is -2.13. The average Bonchev–Trinajstić information content (AvgIpc) is 4.12. The molecule has 1 aliphatic carbocycles. The van der Waals surface area contributed by atoms with Crippen LogP contribution in [0.1, 0.15) is 18.7 Å². The number of rotatable bonds is 7. The Bertz CT molecular complexity index is 4240. The van der Waals surface area contributed by atoms with Crippen LogP contribution in [0.3, 0.4) is 0 Å². The molecule has 7 nitrogen and oxygen atoms in total. The molecule has 324 valence electrons. The SMILES string of the molecule is C1=CC(c2nc(-c3ccccc3)nc(-n3c4ccc(-c5cccc6c7ccccc7n(-c7nc(-c8ccccc8)c8sc(-c9ccccc9)cc8n7)c56)cc4c4c5ccccc5ccc43)n2)=CCC1. The monoisotopic (exact) mass is 901 g/mol. The summed E-state index contributed by atoms with van der Waals surface area (Å²) in [6.07, 6.45) is 8.52. The zero-order chi connectivity index (χ0) is 45.4. The van der Waals surface area contributed by atoms with E-state index in [1.807, 2.05) is 18.2 Å². The zero-order valence-corrected chi connectivity index (χ0v) is 38.0. The van der Waals surface area contributed by atoms with E-state index in [1.165, 1.54) is 10.8 Å². The molecule has 1 aliphatic rings. The summed E-state index contributed by atoms with van der Waals surface area (Å²) in [5, 5.41) is 6.86. The van der Waals surface area contributed by atoms with Crippen LogP contribution in [0.5, 0.6) is 0 Å². The minimum absolute atomic E-state index is 0.578. The van der Waals surface area contributed by atoms with Crippen molar-refractivity contribution >= 4 is 81.5 Å². The number of fused-ring (bicyclic) bond motifs is 9. The van der Waals surface area contributed by atoms with E-state index in [0.29, 0.717) is 23.5 Å². The van der Waals surface area contributed by atoms with Gasteiger partial charge in [0.05, 0.1) is 38.0 Å². The second-order valence-corrected chi connectivity index (χ2v) is 18.6. The van der Waals surface area contributed by atoms with Crippen molar-refractivity contribution in [2.24, 2.45) is 0 Å². The Morgan fingerprint density at radius 2 is 1.12 bits per heavy atom. The molecule has 69 heavy (non-hydrogen) atoms. The van der Waals surface area contributed by atoms with E-state index in [9.17, 15) is 0 Å². The molecular weight excluding hydrogens is 863 g/mol. The van der Waals surface area contributed by atoms with Crippen LogP contribution in [0, 0.1) is 0 Å². The summed E-state index contributed by atoms with van der Waals surface area (Å²) in [7, 11) is 0. The van der Waals surface area contributed by atoms with Gasteiger partial charge >= 0.3 is 0 Å². The van der Waals surface area contributed by atoms with Gasteiger partial charge in [0, 0.05) is 48.7 Å². The number of thiophene rings is 1. The van der Waals surface area contributed by atoms with Gasteiger partial charge in [-0.05, 0) is 65.1 Å². The number of benzene rings is 8. The van der Waals surface area contributed by atoms with E-state index in [1.54, 1.807) is 11.3 Å². The summed E-state index contributed by atoms with van der Waals surface area (Å²) in [6.45, 7) is 0. The van der Waals surface area contributed by atoms with Crippen LogP contribution in [-0.2, 0) is 0 Å². The van der Waals surface area contributed by atoms with Crippen molar-refractivity contribution in [3.63, 3.8) is 0 Å². The molecule has 0 amide bonds. The van der Waals surface area contributed by atoms with E-state index >= 15 is 0 Å². The maximum absolute atomic E-state index is 5.52. The number of hydrogen-bond acceptors (Lipinski definition) is 6. The second-order valence-electron chi connectivity index (χ2n) is 17.5. The van der Waals surface area contributed by atoms with Crippen molar-refractivity contribution < 1.29 is 0 Å². The van der Waals surface area contributed by atoms with Gasteiger partial charge in [0.15, 0.2) is 11.6 Å². The Balaban J connectivity index is 1.03. The molecule has 0 saturated heterocycles. The van der Waals surface area contributed by atoms with E-state index in [-0.39, 0.29) is 0 Å². The van der Waals surface area contributed by atoms with Crippen molar-refractivity contribution in [2.45, 2.75) is 12.8 Å². The van der Waals surface area contributed by atoms with Gasteiger partial charge in [-0.1, -0.05) is 182 Å². The first-order chi connectivity index (χ1) is 34.2. The normalized spacial score (nSPS) is 12.8. The average molecular weight is 902 g/mol. The number of aromatic nitrogens is 7. The minimum Gasteiger partial charge on any atom is -0.278 e. The molecule has 8 heteroatoms. The fraction of sp³-hybridized carbons (Fsp3) is 0.0328. The summed E-state index contributed by atoms with van der Waals surface area (Å²) in [6, 6.07) is 68.6. The molecule has 0 saturated carbocycles. The van der Waals surface area contributed by atoms with Crippen molar-refractivity contribution in [2.75, 3.05) is 0 Å². The molecule has 8 aromatic carbocycles. The third-order valence-corrected chi connectivity index (χ3v) is 14.6. The Hall–Kier alpha value is -8.85. The van der Waals surface area contributed by atoms with Crippen molar-refractivity contribution in [1.82, 2.24) is 34.1 Å². The molecule has 14 rings (SSSR count). The van der Waals surface area contributed by atoms with Crippen LogP contribution in [0.4, 0.5) is 0 Å². The molecule has 0 spiro atoms. The molecule has 0 bridgehead atoms. The number of allylic oxidation sites excluding steroid dienone is 4. The zero-order valence-electron chi connectivity index (χ0n) is 37.2. The Labute approximate surface area is 400 Å². The van der Waals surface area contributed by atoms with Gasteiger partial charge in [-0.25, -0.2) is 15.0 Å². The third kappa shape index (κ3) is 6.44. The van der Waals surface area contributed by atoms with Crippen LogP contribution in [0.2, 0.25) is 0 Å². The summed E-state index contributed by atoms with van der Waals surface area (Å²) in [5.74, 6) is 2.51. The lowest BCUT2D eigenvalue weighted by Crippen LogP contribution is -2.08. The van der Waals surface area contributed by atoms with Gasteiger partial charge in [0.2, 0.25) is 11.9 Å². The van der Waals surface area contributed by atoms with Crippen molar-refractivity contribution in [3.05, 3.63) is 218 Å². The molecule has 0 unspecified atom stereocenters. The fourth-order valence-corrected chi connectivity index (χ4v) is 11.4. The van der Waals surface area contributed by atoms with Gasteiger partial charge in [-0.15, -0.1) is 11.3 Å². The molecule has 0 radical (unpaired) electrons. The van der Waals surface area contributed by atoms with Gasteiger partial charge in [-0.3, -0.25) is 9.13 Å². The Morgan fingerprint density at radius 3 is 1.93 bits per heavy atom. The predicted molar refractivity (Wildman–Crippen MR) is 285 cm³/mol. The maximum atomic E-state index is 5.52. The number of para-hydroxylation sites is 2. The van der Waals surface area contributed by atoms with Gasteiger partial charge in [-0.2, -0.15) is 9.97 Å². The van der Waals surface area contributed by atoms with E-state index in [0.717, 1.165) is 111 Å². The standard InChI is InChI=1S/C61H39N7S/c1-5-19-39(20-6-1)53-37-49-57(69-53)55(40-21-7-2-8-22-40)63-60(62-49)68-50-31-16-15-28-46(50)47-30-17-29-45(56(47)68)43-33-34-51-48(36-43)54-44-27-14-13-18-38(44)32-35-52(54)67(51)61-65-58(41-23-9-3-10-24-41)64-59(66-61)42-25-11-4-12-26-42/h1-3,5-11,13-37H,4,12H2. The van der Waals surface area contributed by atoms with Gasteiger partial charge in [0.25, 0.3) is 0 Å². The van der Waals surface area contributed by atoms with Crippen LogP contribution in [0.25, 0.3) is 126 Å². The molecule has 0 fully saturated rings. The number of hydrogen-bond donors (Lipinski definition) is 0. The first-order valence-corrected chi connectivity index (χ1v) is 24.1. The summed E-state index contributed by atoms with van der Waals surface area (Å²) < 4.78 is 5.56. The van der Waals surface area contributed by atoms with Crippen LogP contribution >= 0.6 is 11.3 Å². The molecule has 0 aliphatic heterocycles. The molecular formula is C61H39N7S. The van der Waals surface area contributed by atoms with E-state index in [2.05, 4.69) is 203 Å². The van der Waals surface area contributed by atoms with Gasteiger partial charge < -0.3 is 0 Å². The maximum Gasteiger partial charge on any atom is 0.238 e. The van der Waals surface area contributed by atoms with E-state index in [4.69, 9.17) is 24.9 Å². The highest BCUT2D eigenvalue weighted by molar-refractivity contribution is 7.22. The molecule has 5 heterocycles. The molecule has 0 N–H and O–H groups in total. The van der Waals surface area contributed by atoms with E-state index < -0.39 is 0 Å². The largest absolute Gasteiger partial charge is 0.278 e. The minimum atomic E-state index is 0.578. The first kappa shape index (κ1) is 39.3. The Morgan fingerprint density at radius 1 is 0.435 bits per heavy atom. The highest BCUT2D eigenvalue weighted by Gasteiger charge is 2.24. The van der Waals surface area contributed by atoms with Crippen molar-refractivity contribution in [1.29, 1.82) is 0 Å².